The first-order chi connectivity index (χ1) is 9.79. The van der Waals surface area contributed by atoms with Gasteiger partial charge in [-0.25, -0.2) is 9.97 Å². The van der Waals surface area contributed by atoms with Crippen LogP contribution >= 0.6 is 11.3 Å². The van der Waals surface area contributed by atoms with Crippen LogP contribution in [0.3, 0.4) is 0 Å². The second-order valence-electron chi connectivity index (χ2n) is 4.21. The van der Waals surface area contributed by atoms with Crippen molar-refractivity contribution in [3.8, 4) is 0 Å². The average molecular weight is 284 g/mol. The normalized spacial score (nSPS) is 11.2. The fraction of sp³-hybridized carbons (Fsp3) is 0. The summed E-state index contributed by atoms with van der Waals surface area (Å²) < 4.78 is 0.900. The molecule has 0 amide bonds. The lowest BCUT2D eigenvalue weighted by Crippen LogP contribution is -1.94. The minimum atomic E-state index is -0.0589. The van der Waals surface area contributed by atoms with Crippen molar-refractivity contribution in [1.29, 1.82) is 0 Å². The van der Waals surface area contributed by atoms with E-state index in [0.29, 0.717) is 11.5 Å². The van der Waals surface area contributed by atoms with Gasteiger partial charge >= 0.3 is 4.87 Å². The molecule has 0 saturated carbocycles. The zero-order chi connectivity index (χ0) is 13.5. The molecule has 0 unspecified atom stereocenters. The lowest BCUT2D eigenvalue weighted by Gasteiger charge is -2.05. The van der Waals surface area contributed by atoms with Crippen molar-refractivity contribution in [3.05, 3.63) is 40.4 Å². The number of hydrogen-bond donors (Lipinski definition) is 3. The van der Waals surface area contributed by atoms with E-state index in [4.69, 9.17) is 0 Å². The molecule has 0 aliphatic heterocycles. The topological polar surface area (TPSA) is 99.4 Å². The van der Waals surface area contributed by atoms with Crippen molar-refractivity contribution in [2.24, 2.45) is 0 Å². The Bertz CT molecular complexity index is 969. The van der Waals surface area contributed by atoms with Gasteiger partial charge in [-0.3, -0.25) is 9.89 Å². The Morgan fingerprint density at radius 1 is 1.25 bits per heavy atom. The third-order valence-corrected chi connectivity index (χ3v) is 3.78. The summed E-state index contributed by atoms with van der Waals surface area (Å²) in [4.78, 5) is 22.3. The molecule has 0 aliphatic rings. The van der Waals surface area contributed by atoms with Crippen LogP contribution in [0.4, 0.5) is 11.5 Å². The summed E-state index contributed by atoms with van der Waals surface area (Å²) in [5, 5.41) is 10.8. The maximum absolute atomic E-state index is 11.3. The SMILES string of the molecule is O=c1[nH]c2ccc(Nc3ncnc4[nH]ncc34)cc2s1. The van der Waals surface area contributed by atoms with Crippen LogP contribution in [0, 0.1) is 0 Å². The van der Waals surface area contributed by atoms with Gasteiger partial charge in [0.1, 0.15) is 12.1 Å². The molecule has 3 N–H and O–H groups in total. The Balaban J connectivity index is 1.80. The predicted molar refractivity (Wildman–Crippen MR) is 77.4 cm³/mol. The van der Waals surface area contributed by atoms with E-state index in [2.05, 4.69) is 30.5 Å². The van der Waals surface area contributed by atoms with Crippen molar-refractivity contribution in [2.45, 2.75) is 0 Å². The summed E-state index contributed by atoms with van der Waals surface area (Å²) in [6.45, 7) is 0. The largest absolute Gasteiger partial charge is 0.339 e. The first-order valence-corrected chi connectivity index (χ1v) is 6.65. The Kier molecular flexibility index (Phi) is 2.30. The molecule has 1 aromatic carbocycles. The molecule has 0 bridgehead atoms. The Morgan fingerprint density at radius 3 is 3.15 bits per heavy atom. The van der Waals surface area contributed by atoms with Crippen LogP contribution in [0.5, 0.6) is 0 Å². The van der Waals surface area contributed by atoms with Gasteiger partial charge in [0.25, 0.3) is 0 Å². The lowest BCUT2D eigenvalue weighted by atomic mass is 10.3. The summed E-state index contributed by atoms with van der Waals surface area (Å²) in [6, 6.07) is 5.66. The highest BCUT2D eigenvalue weighted by Gasteiger charge is 2.06. The van der Waals surface area contributed by atoms with E-state index in [9.17, 15) is 4.79 Å². The number of benzene rings is 1. The lowest BCUT2D eigenvalue weighted by molar-refractivity contribution is 1.09. The highest BCUT2D eigenvalue weighted by Crippen LogP contribution is 2.24. The highest BCUT2D eigenvalue weighted by molar-refractivity contribution is 7.16. The molecular weight excluding hydrogens is 276 g/mol. The van der Waals surface area contributed by atoms with Gasteiger partial charge in [0.2, 0.25) is 0 Å². The molecular formula is C12H8N6OS. The fourth-order valence-electron chi connectivity index (χ4n) is 2.02. The number of nitrogens with zero attached hydrogens (tertiary/aromatic N) is 3. The maximum atomic E-state index is 11.3. The van der Waals surface area contributed by atoms with Crippen molar-refractivity contribution in [3.63, 3.8) is 0 Å². The summed E-state index contributed by atoms with van der Waals surface area (Å²) in [5.74, 6) is 0.672. The Labute approximate surface area is 115 Å². The zero-order valence-electron chi connectivity index (χ0n) is 10.0. The molecule has 20 heavy (non-hydrogen) atoms. The average Bonchev–Trinajstić information content (AvgIpc) is 3.03. The number of aromatic nitrogens is 5. The van der Waals surface area contributed by atoms with E-state index in [0.717, 1.165) is 21.3 Å². The van der Waals surface area contributed by atoms with Crippen molar-refractivity contribution in [1.82, 2.24) is 25.1 Å². The summed E-state index contributed by atoms with van der Waals surface area (Å²) in [6.07, 6.45) is 3.14. The smallest absolute Gasteiger partial charge is 0.305 e. The standard InChI is InChI=1S/C12H8N6OS/c19-12-17-8-2-1-6(3-9(8)20-12)16-10-7-4-15-18-11(7)14-5-13-10/h1-5H,(H,17,19)(H2,13,14,15,16,18). The molecule has 0 radical (unpaired) electrons. The number of anilines is 2. The number of aromatic amines is 2. The second-order valence-corrected chi connectivity index (χ2v) is 5.22. The van der Waals surface area contributed by atoms with Gasteiger partial charge < -0.3 is 10.3 Å². The molecule has 0 spiro atoms. The molecule has 3 heterocycles. The first-order valence-electron chi connectivity index (χ1n) is 5.83. The summed E-state index contributed by atoms with van der Waals surface area (Å²) >= 11 is 1.18. The molecule has 0 saturated heterocycles. The molecule has 4 rings (SSSR count). The third-order valence-electron chi connectivity index (χ3n) is 2.93. The fourth-order valence-corrected chi connectivity index (χ4v) is 2.80. The van der Waals surface area contributed by atoms with Gasteiger partial charge in [-0.15, -0.1) is 0 Å². The van der Waals surface area contributed by atoms with E-state index < -0.39 is 0 Å². The van der Waals surface area contributed by atoms with Crippen LogP contribution in [0.2, 0.25) is 0 Å². The molecule has 0 aliphatic carbocycles. The quantitative estimate of drug-likeness (QED) is 0.523. The van der Waals surface area contributed by atoms with E-state index in [1.54, 1.807) is 6.20 Å². The molecule has 4 aromatic rings. The molecule has 7 nitrogen and oxygen atoms in total. The van der Waals surface area contributed by atoms with Gasteiger partial charge in [-0.1, -0.05) is 11.3 Å². The number of rotatable bonds is 2. The summed E-state index contributed by atoms with van der Waals surface area (Å²) in [5.41, 5.74) is 2.37. The minimum Gasteiger partial charge on any atom is -0.339 e. The van der Waals surface area contributed by atoms with Crippen molar-refractivity contribution >= 4 is 44.1 Å². The maximum Gasteiger partial charge on any atom is 0.305 e. The minimum absolute atomic E-state index is 0.0589. The van der Waals surface area contributed by atoms with E-state index in [-0.39, 0.29) is 4.87 Å². The molecule has 0 fully saturated rings. The summed E-state index contributed by atoms with van der Waals surface area (Å²) in [7, 11) is 0. The van der Waals surface area contributed by atoms with E-state index in [1.807, 2.05) is 18.2 Å². The number of fused-ring (bicyclic) bond motifs is 2. The monoisotopic (exact) mass is 284 g/mol. The second kappa shape index (κ2) is 4.14. The van der Waals surface area contributed by atoms with Crippen LogP contribution in [-0.2, 0) is 0 Å². The highest BCUT2D eigenvalue weighted by atomic mass is 32.1. The Hall–Kier alpha value is -2.74. The van der Waals surface area contributed by atoms with Crippen LogP contribution < -0.4 is 10.2 Å². The van der Waals surface area contributed by atoms with Gasteiger partial charge in [-0.05, 0) is 18.2 Å². The first kappa shape index (κ1) is 11.1. The van der Waals surface area contributed by atoms with Crippen molar-refractivity contribution < 1.29 is 0 Å². The van der Waals surface area contributed by atoms with E-state index in [1.165, 1.54) is 17.7 Å². The van der Waals surface area contributed by atoms with Crippen LogP contribution in [-0.4, -0.2) is 25.1 Å². The van der Waals surface area contributed by atoms with Crippen LogP contribution in [0.25, 0.3) is 21.3 Å². The van der Waals surface area contributed by atoms with Gasteiger partial charge in [-0.2, -0.15) is 5.10 Å². The number of nitrogens with one attached hydrogen (secondary N) is 3. The third kappa shape index (κ3) is 1.74. The number of hydrogen-bond acceptors (Lipinski definition) is 6. The number of H-pyrrole nitrogens is 2. The Morgan fingerprint density at radius 2 is 2.20 bits per heavy atom. The molecule has 0 atom stereocenters. The van der Waals surface area contributed by atoms with Crippen LogP contribution in [0.1, 0.15) is 0 Å². The van der Waals surface area contributed by atoms with Crippen LogP contribution in [0.15, 0.2) is 35.5 Å². The van der Waals surface area contributed by atoms with Crippen molar-refractivity contribution in [2.75, 3.05) is 5.32 Å². The predicted octanol–water partition coefficient (Wildman–Crippen LogP) is 2.00. The van der Waals surface area contributed by atoms with Gasteiger partial charge in [0.15, 0.2) is 5.65 Å². The molecule has 3 aromatic heterocycles. The molecule has 98 valence electrons. The van der Waals surface area contributed by atoms with E-state index >= 15 is 0 Å². The molecule has 8 heteroatoms. The zero-order valence-corrected chi connectivity index (χ0v) is 10.9. The van der Waals surface area contributed by atoms with Gasteiger partial charge in [0.05, 0.1) is 21.8 Å². The van der Waals surface area contributed by atoms with Gasteiger partial charge in [0, 0.05) is 5.69 Å². The number of thiazole rings is 1.